The third-order valence-electron chi connectivity index (χ3n) is 1.91. The van der Waals surface area contributed by atoms with Gasteiger partial charge in [0, 0.05) is 7.05 Å². The van der Waals surface area contributed by atoms with E-state index < -0.39 is 5.97 Å². The van der Waals surface area contributed by atoms with E-state index in [2.05, 4.69) is 11.7 Å². The van der Waals surface area contributed by atoms with E-state index in [0.29, 0.717) is 12.5 Å². The van der Waals surface area contributed by atoms with Crippen molar-refractivity contribution in [2.24, 2.45) is 7.05 Å². The molecule has 1 aromatic rings. The highest BCUT2D eigenvalue weighted by atomic mass is 16.5. The van der Waals surface area contributed by atoms with E-state index in [4.69, 9.17) is 9.84 Å². The van der Waals surface area contributed by atoms with Gasteiger partial charge in [0.15, 0.2) is 0 Å². The van der Waals surface area contributed by atoms with Crippen LogP contribution >= 0.6 is 0 Å². The fourth-order valence-corrected chi connectivity index (χ4v) is 1.14. The molecule has 0 saturated heterocycles. The molecular formula is C10H14N2O3. The van der Waals surface area contributed by atoms with E-state index in [1.807, 2.05) is 0 Å². The number of rotatable bonds is 6. The largest absolute Gasteiger partial charge is 0.477 e. The third kappa shape index (κ3) is 2.83. The number of aromatic carboxylic acids is 1. The number of hydrogen-bond donors (Lipinski definition) is 1. The summed E-state index contributed by atoms with van der Waals surface area (Å²) in [5, 5.41) is 12.7. The maximum atomic E-state index is 10.8. The Morgan fingerprint density at radius 1 is 1.80 bits per heavy atom. The predicted molar refractivity (Wildman–Crippen MR) is 55.1 cm³/mol. The normalized spacial score (nSPS) is 9.93. The van der Waals surface area contributed by atoms with Crippen molar-refractivity contribution in [1.29, 1.82) is 0 Å². The quantitative estimate of drug-likeness (QED) is 0.570. The lowest BCUT2D eigenvalue weighted by Crippen LogP contribution is -2.06. The summed E-state index contributed by atoms with van der Waals surface area (Å²) >= 11 is 0. The molecule has 0 atom stereocenters. The van der Waals surface area contributed by atoms with Gasteiger partial charge in [0.25, 0.3) is 0 Å². The van der Waals surface area contributed by atoms with Crippen molar-refractivity contribution in [2.75, 3.05) is 6.61 Å². The summed E-state index contributed by atoms with van der Waals surface area (Å²) in [6, 6.07) is 0. The molecule has 0 radical (unpaired) electrons. The molecule has 5 heteroatoms. The Morgan fingerprint density at radius 2 is 2.53 bits per heavy atom. The van der Waals surface area contributed by atoms with E-state index >= 15 is 0 Å². The zero-order chi connectivity index (χ0) is 11.3. The summed E-state index contributed by atoms with van der Waals surface area (Å²) in [5.74, 6) is -0.728. The van der Waals surface area contributed by atoms with Crippen molar-refractivity contribution in [3.8, 4) is 5.88 Å². The van der Waals surface area contributed by atoms with Crippen molar-refractivity contribution in [3.63, 3.8) is 0 Å². The zero-order valence-electron chi connectivity index (χ0n) is 8.64. The Hall–Kier alpha value is -1.78. The van der Waals surface area contributed by atoms with Gasteiger partial charge in [-0.2, -0.15) is 5.10 Å². The molecule has 5 nitrogen and oxygen atoms in total. The summed E-state index contributed by atoms with van der Waals surface area (Å²) in [6.07, 6.45) is 4.74. The zero-order valence-corrected chi connectivity index (χ0v) is 8.64. The van der Waals surface area contributed by atoms with E-state index in [1.54, 1.807) is 13.1 Å². The van der Waals surface area contributed by atoms with E-state index in [0.717, 1.165) is 12.8 Å². The molecule has 0 spiro atoms. The van der Waals surface area contributed by atoms with Crippen LogP contribution in [-0.2, 0) is 7.05 Å². The van der Waals surface area contributed by atoms with Crippen LogP contribution in [-0.4, -0.2) is 27.5 Å². The molecule has 0 aliphatic carbocycles. The molecule has 0 unspecified atom stereocenters. The lowest BCUT2D eigenvalue weighted by molar-refractivity contribution is 0.0691. The first-order chi connectivity index (χ1) is 7.16. The molecule has 0 aromatic carbocycles. The third-order valence-corrected chi connectivity index (χ3v) is 1.91. The molecule has 0 fully saturated rings. The predicted octanol–water partition coefficient (Wildman–Crippen LogP) is 1.46. The molecule has 82 valence electrons. The highest BCUT2D eigenvalue weighted by molar-refractivity contribution is 5.89. The Bertz CT molecular complexity index is 358. The topological polar surface area (TPSA) is 64.3 Å². The Balaban J connectivity index is 2.62. The first-order valence-corrected chi connectivity index (χ1v) is 4.65. The van der Waals surface area contributed by atoms with Crippen LogP contribution in [0.3, 0.4) is 0 Å². The van der Waals surface area contributed by atoms with Crippen LogP contribution in [0, 0.1) is 0 Å². The van der Waals surface area contributed by atoms with Crippen LogP contribution in [0.5, 0.6) is 5.88 Å². The fourth-order valence-electron chi connectivity index (χ4n) is 1.14. The van der Waals surface area contributed by atoms with Gasteiger partial charge in [-0.25, -0.2) is 9.48 Å². The van der Waals surface area contributed by atoms with Crippen LogP contribution in [0.1, 0.15) is 23.2 Å². The Morgan fingerprint density at radius 3 is 3.13 bits per heavy atom. The molecule has 1 rings (SSSR count). The smallest absolute Gasteiger partial charge is 0.342 e. The second kappa shape index (κ2) is 5.19. The van der Waals surface area contributed by atoms with Gasteiger partial charge in [0.2, 0.25) is 5.88 Å². The van der Waals surface area contributed by atoms with Crippen molar-refractivity contribution in [1.82, 2.24) is 9.78 Å². The number of aryl methyl sites for hydroxylation is 1. The van der Waals surface area contributed by atoms with Crippen molar-refractivity contribution in [2.45, 2.75) is 12.8 Å². The second-order valence-electron chi connectivity index (χ2n) is 3.07. The molecule has 0 amide bonds. The summed E-state index contributed by atoms with van der Waals surface area (Å²) in [5.41, 5.74) is 0.0936. The fraction of sp³-hybridized carbons (Fsp3) is 0.400. The lowest BCUT2D eigenvalue weighted by Gasteiger charge is -2.06. The number of carboxylic acid groups (broad SMARTS) is 1. The number of carbonyl (C=O) groups is 1. The minimum absolute atomic E-state index is 0.0936. The molecule has 0 aliphatic heterocycles. The van der Waals surface area contributed by atoms with Crippen molar-refractivity contribution < 1.29 is 14.6 Å². The number of allylic oxidation sites excluding steroid dienone is 1. The van der Waals surface area contributed by atoms with Gasteiger partial charge >= 0.3 is 5.97 Å². The van der Waals surface area contributed by atoms with Gasteiger partial charge in [-0.05, 0) is 12.8 Å². The number of aromatic nitrogens is 2. The number of carboxylic acids is 1. The SMILES string of the molecule is C=CCCCOc1c(C(=O)O)cnn1C. The van der Waals surface area contributed by atoms with Crippen molar-refractivity contribution in [3.05, 3.63) is 24.4 Å². The van der Waals surface area contributed by atoms with Gasteiger partial charge in [-0.1, -0.05) is 6.08 Å². The van der Waals surface area contributed by atoms with E-state index in [-0.39, 0.29) is 5.56 Å². The molecule has 1 N–H and O–H groups in total. The average molecular weight is 210 g/mol. The number of unbranched alkanes of at least 4 members (excludes halogenated alkanes) is 1. The molecule has 1 aromatic heterocycles. The van der Waals surface area contributed by atoms with Crippen LogP contribution in [0.15, 0.2) is 18.9 Å². The second-order valence-corrected chi connectivity index (χ2v) is 3.07. The summed E-state index contributed by atoms with van der Waals surface area (Å²) < 4.78 is 6.76. The summed E-state index contributed by atoms with van der Waals surface area (Å²) in [4.78, 5) is 10.8. The summed E-state index contributed by atoms with van der Waals surface area (Å²) in [7, 11) is 1.65. The van der Waals surface area contributed by atoms with Crippen LogP contribution in [0.25, 0.3) is 0 Å². The molecule has 0 saturated carbocycles. The van der Waals surface area contributed by atoms with Gasteiger partial charge in [-0.3, -0.25) is 0 Å². The molecule has 1 heterocycles. The lowest BCUT2D eigenvalue weighted by atomic mass is 10.3. The minimum Gasteiger partial charge on any atom is -0.477 e. The Kier molecular flexibility index (Phi) is 3.91. The maximum Gasteiger partial charge on any atom is 0.342 e. The number of nitrogens with zero attached hydrogens (tertiary/aromatic N) is 2. The summed E-state index contributed by atoms with van der Waals surface area (Å²) in [6.45, 7) is 4.06. The molecule has 15 heavy (non-hydrogen) atoms. The first kappa shape index (κ1) is 11.3. The van der Waals surface area contributed by atoms with Crippen LogP contribution < -0.4 is 4.74 Å². The van der Waals surface area contributed by atoms with Gasteiger partial charge < -0.3 is 9.84 Å². The highest BCUT2D eigenvalue weighted by Crippen LogP contribution is 2.16. The first-order valence-electron chi connectivity index (χ1n) is 4.65. The standard InChI is InChI=1S/C10H14N2O3/c1-3-4-5-6-15-9-8(10(13)14)7-11-12(9)2/h3,7H,1,4-6H2,2H3,(H,13,14). The minimum atomic E-state index is -1.03. The number of ether oxygens (including phenoxy) is 1. The Labute approximate surface area is 88.0 Å². The van der Waals surface area contributed by atoms with Crippen LogP contribution in [0.4, 0.5) is 0 Å². The average Bonchev–Trinajstić information content (AvgIpc) is 2.55. The molecule has 0 aliphatic rings. The maximum absolute atomic E-state index is 10.8. The number of hydrogen-bond acceptors (Lipinski definition) is 3. The monoisotopic (exact) mass is 210 g/mol. The molecular weight excluding hydrogens is 196 g/mol. The van der Waals surface area contributed by atoms with Gasteiger partial charge in [0.05, 0.1) is 12.8 Å². The van der Waals surface area contributed by atoms with Gasteiger partial charge in [-0.15, -0.1) is 6.58 Å². The van der Waals surface area contributed by atoms with Gasteiger partial charge in [0.1, 0.15) is 5.56 Å². The highest BCUT2D eigenvalue weighted by Gasteiger charge is 2.15. The van der Waals surface area contributed by atoms with Crippen LogP contribution in [0.2, 0.25) is 0 Å². The molecule has 0 bridgehead atoms. The van der Waals surface area contributed by atoms with Crippen molar-refractivity contribution >= 4 is 5.97 Å². The van der Waals surface area contributed by atoms with E-state index in [1.165, 1.54) is 10.9 Å². The van der Waals surface area contributed by atoms with E-state index in [9.17, 15) is 4.79 Å².